The van der Waals surface area contributed by atoms with Crippen LogP contribution in [-0.4, -0.2) is 9.78 Å². The molecular weight excluding hydrogens is 155 g/mol. The van der Waals surface area contributed by atoms with Gasteiger partial charge in [-0.2, -0.15) is 5.10 Å². The number of hydrogen-bond acceptors (Lipinski definition) is 1. The van der Waals surface area contributed by atoms with Crippen molar-refractivity contribution in [3.8, 4) is 0 Å². The average Bonchev–Trinajstić information content (AvgIpc) is 2.30. The van der Waals surface area contributed by atoms with Crippen LogP contribution in [0.15, 0.2) is 0 Å². The Hall–Kier alpha value is -0.860. The van der Waals surface area contributed by atoms with Crippen molar-refractivity contribution in [2.75, 3.05) is 0 Å². The van der Waals surface area contributed by atoms with E-state index in [0.717, 1.165) is 0 Å². The molecular formula is C9H14FN2. The first-order valence-corrected chi connectivity index (χ1v) is 4.19. The van der Waals surface area contributed by atoms with Gasteiger partial charge in [0.2, 0.25) is 0 Å². The lowest BCUT2D eigenvalue weighted by atomic mass is 10.1. The van der Waals surface area contributed by atoms with E-state index >= 15 is 0 Å². The third-order valence-corrected chi connectivity index (χ3v) is 1.76. The summed E-state index contributed by atoms with van der Waals surface area (Å²) in [5.74, 6) is -0.162. The van der Waals surface area contributed by atoms with Crippen LogP contribution in [0.2, 0.25) is 0 Å². The molecule has 1 heterocycles. The molecule has 0 saturated carbocycles. The lowest BCUT2D eigenvalue weighted by Crippen LogP contribution is -2.09. The van der Waals surface area contributed by atoms with Crippen LogP contribution in [0.3, 0.4) is 0 Å². The van der Waals surface area contributed by atoms with Crippen molar-refractivity contribution < 1.29 is 4.39 Å². The van der Waals surface area contributed by atoms with Crippen molar-refractivity contribution in [3.63, 3.8) is 0 Å². The van der Waals surface area contributed by atoms with Crippen molar-refractivity contribution in [1.29, 1.82) is 0 Å². The standard InChI is InChI=1S/C9H14FN2/c1-6(2)9-8(10)5-11-12(9)7(3)4/h6-7H,1-4H3. The van der Waals surface area contributed by atoms with Gasteiger partial charge in [-0.15, -0.1) is 0 Å². The Kier molecular flexibility index (Phi) is 2.50. The molecule has 0 aliphatic rings. The largest absolute Gasteiger partial charge is 0.263 e. The Morgan fingerprint density at radius 1 is 1.33 bits per heavy atom. The van der Waals surface area contributed by atoms with Crippen LogP contribution in [0.5, 0.6) is 0 Å². The molecule has 0 atom stereocenters. The van der Waals surface area contributed by atoms with E-state index in [1.807, 2.05) is 27.7 Å². The van der Waals surface area contributed by atoms with Gasteiger partial charge in [-0.05, 0) is 19.8 Å². The topological polar surface area (TPSA) is 17.8 Å². The highest BCUT2D eigenvalue weighted by molar-refractivity contribution is 5.08. The molecule has 2 nitrogen and oxygen atoms in total. The zero-order valence-electron chi connectivity index (χ0n) is 7.93. The Labute approximate surface area is 72.4 Å². The van der Waals surface area contributed by atoms with Gasteiger partial charge in [0.15, 0.2) is 12.0 Å². The highest BCUT2D eigenvalue weighted by Gasteiger charge is 2.15. The quantitative estimate of drug-likeness (QED) is 0.665. The summed E-state index contributed by atoms with van der Waals surface area (Å²) in [5, 5.41) is 3.85. The van der Waals surface area contributed by atoms with Crippen LogP contribution in [0.1, 0.15) is 45.3 Å². The second kappa shape index (κ2) is 3.25. The molecule has 0 amide bonds. The molecule has 1 aromatic heterocycles. The van der Waals surface area contributed by atoms with E-state index < -0.39 is 0 Å². The molecule has 0 fully saturated rings. The first-order chi connectivity index (χ1) is 5.54. The minimum atomic E-state index is -0.321. The van der Waals surface area contributed by atoms with Gasteiger partial charge >= 0.3 is 0 Å². The fourth-order valence-corrected chi connectivity index (χ4v) is 1.22. The first-order valence-electron chi connectivity index (χ1n) is 4.19. The molecule has 12 heavy (non-hydrogen) atoms. The molecule has 0 spiro atoms. The summed E-state index contributed by atoms with van der Waals surface area (Å²) in [6.07, 6.45) is 2.35. The molecule has 3 heteroatoms. The molecule has 0 bridgehead atoms. The maximum absolute atomic E-state index is 13.1. The highest BCUT2D eigenvalue weighted by Crippen LogP contribution is 2.20. The van der Waals surface area contributed by atoms with Crippen molar-refractivity contribution in [3.05, 3.63) is 17.7 Å². The minimum absolute atomic E-state index is 0.158. The Morgan fingerprint density at radius 3 is 2.25 bits per heavy atom. The Bertz CT molecular complexity index is 263. The van der Waals surface area contributed by atoms with Gasteiger partial charge in [-0.3, -0.25) is 4.68 Å². The van der Waals surface area contributed by atoms with Gasteiger partial charge < -0.3 is 0 Å². The van der Waals surface area contributed by atoms with Crippen molar-refractivity contribution >= 4 is 0 Å². The zero-order valence-corrected chi connectivity index (χ0v) is 7.93. The molecule has 0 aliphatic carbocycles. The fraction of sp³-hybridized carbons (Fsp3) is 0.667. The second-order valence-corrected chi connectivity index (χ2v) is 3.50. The summed E-state index contributed by atoms with van der Waals surface area (Å²) in [5.41, 5.74) is 0.644. The molecule has 67 valence electrons. The molecule has 1 radical (unpaired) electrons. The van der Waals surface area contributed by atoms with Gasteiger partial charge in [0.05, 0.1) is 5.69 Å². The van der Waals surface area contributed by atoms with Crippen molar-refractivity contribution in [2.24, 2.45) is 0 Å². The van der Waals surface area contributed by atoms with Crippen molar-refractivity contribution in [2.45, 2.75) is 39.7 Å². The number of aromatic nitrogens is 2. The van der Waals surface area contributed by atoms with E-state index in [1.54, 1.807) is 4.68 Å². The molecule has 0 aromatic carbocycles. The predicted molar refractivity (Wildman–Crippen MR) is 45.5 cm³/mol. The molecule has 0 aliphatic heterocycles. The van der Waals surface area contributed by atoms with Gasteiger partial charge in [-0.25, -0.2) is 4.39 Å². The molecule has 0 saturated heterocycles. The summed E-state index contributed by atoms with van der Waals surface area (Å²) in [6.45, 7) is 7.86. The van der Waals surface area contributed by atoms with E-state index in [9.17, 15) is 4.39 Å². The Balaban J connectivity index is 3.12. The molecule has 0 unspecified atom stereocenters. The maximum atomic E-state index is 13.1. The van der Waals surface area contributed by atoms with Gasteiger partial charge in [0, 0.05) is 6.04 Å². The highest BCUT2D eigenvalue weighted by atomic mass is 19.1. The van der Waals surface area contributed by atoms with E-state index in [1.165, 1.54) is 0 Å². The summed E-state index contributed by atoms with van der Waals surface area (Å²) in [4.78, 5) is 0. The van der Waals surface area contributed by atoms with Crippen LogP contribution in [0, 0.1) is 12.0 Å². The monoisotopic (exact) mass is 169 g/mol. The van der Waals surface area contributed by atoms with Crippen LogP contribution < -0.4 is 0 Å². The Morgan fingerprint density at radius 2 is 1.92 bits per heavy atom. The van der Waals surface area contributed by atoms with Crippen LogP contribution >= 0.6 is 0 Å². The summed E-state index contributed by atoms with van der Waals surface area (Å²) in [6, 6.07) is 0.197. The predicted octanol–water partition coefficient (Wildman–Crippen LogP) is 2.53. The number of rotatable bonds is 2. The third kappa shape index (κ3) is 1.49. The lowest BCUT2D eigenvalue weighted by Gasteiger charge is -2.12. The lowest BCUT2D eigenvalue weighted by molar-refractivity contribution is 0.483. The van der Waals surface area contributed by atoms with Crippen LogP contribution in [-0.2, 0) is 0 Å². The summed E-state index contributed by atoms with van der Waals surface area (Å²) in [7, 11) is 0. The third-order valence-electron chi connectivity index (χ3n) is 1.76. The fourth-order valence-electron chi connectivity index (χ4n) is 1.22. The average molecular weight is 169 g/mol. The van der Waals surface area contributed by atoms with Crippen LogP contribution in [0.4, 0.5) is 4.39 Å². The van der Waals surface area contributed by atoms with Gasteiger partial charge in [0.25, 0.3) is 0 Å². The van der Waals surface area contributed by atoms with Gasteiger partial charge in [-0.1, -0.05) is 13.8 Å². The van der Waals surface area contributed by atoms with E-state index in [2.05, 4.69) is 11.3 Å². The molecule has 1 rings (SSSR count). The first kappa shape index (κ1) is 9.23. The molecule has 1 aromatic rings. The maximum Gasteiger partial charge on any atom is 0.174 e. The van der Waals surface area contributed by atoms with E-state index in [0.29, 0.717) is 5.69 Å². The van der Waals surface area contributed by atoms with E-state index in [4.69, 9.17) is 0 Å². The summed E-state index contributed by atoms with van der Waals surface area (Å²) >= 11 is 0. The number of halogens is 1. The smallest absolute Gasteiger partial charge is 0.174 e. The zero-order chi connectivity index (χ0) is 9.30. The second-order valence-electron chi connectivity index (χ2n) is 3.50. The van der Waals surface area contributed by atoms with Gasteiger partial charge in [0.1, 0.15) is 0 Å². The van der Waals surface area contributed by atoms with Crippen molar-refractivity contribution in [1.82, 2.24) is 9.78 Å². The number of nitrogens with zero attached hydrogens (tertiary/aromatic N) is 2. The SMILES string of the molecule is CC(C)c1c(F)[c]nn1C(C)C. The van der Waals surface area contributed by atoms with E-state index in [-0.39, 0.29) is 17.8 Å². The number of hydrogen-bond donors (Lipinski definition) is 0. The normalized spacial score (nSPS) is 11.6. The minimum Gasteiger partial charge on any atom is -0.263 e. The molecule has 0 N–H and O–H groups in total. The van der Waals surface area contributed by atoms with Crippen LogP contribution in [0.25, 0.3) is 0 Å². The summed E-state index contributed by atoms with van der Waals surface area (Å²) < 4.78 is 14.8.